The number of nitrogens with one attached hydrogen (secondary N) is 1. The van der Waals surface area contributed by atoms with Crippen LogP contribution in [0.2, 0.25) is 0 Å². The number of rotatable bonds is 4. The van der Waals surface area contributed by atoms with Gasteiger partial charge in [0, 0.05) is 5.92 Å². The number of hydrogen-bond donors (Lipinski definition) is 2. The van der Waals surface area contributed by atoms with E-state index in [-0.39, 0.29) is 12.5 Å². The normalized spacial score (nSPS) is 14.7. The van der Waals surface area contributed by atoms with Crippen molar-refractivity contribution in [2.75, 3.05) is 6.61 Å². The Bertz CT molecular complexity index is 707. The van der Waals surface area contributed by atoms with Gasteiger partial charge in [0.25, 0.3) is 0 Å². The minimum atomic E-state index is -0.734. The highest BCUT2D eigenvalue weighted by atomic mass is 16.5. The van der Waals surface area contributed by atoms with Crippen LogP contribution < -0.4 is 5.32 Å². The summed E-state index contributed by atoms with van der Waals surface area (Å²) in [6.45, 7) is 5.44. The lowest BCUT2D eigenvalue weighted by Gasteiger charge is -2.29. The molecule has 0 saturated carbocycles. The summed E-state index contributed by atoms with van der Waals surface area (Å²) in [5, 5.41) is 12.4. The Morgan fingerprint density at radius 3 is 2.12 bits per heavy atom. The predicted molar refractivity (Wildman–Crippen MR) is 94.0 cm³/mol. The lowest BCUT2D eigenvalue weighted by Crippen LogP contribution is -2.51. The number of carbonyl (C=O) groups excluding carboxylic acids is 1. The van der Waals surface area contributed by atoms with Crippen LogP contribution in [0.5, 0.6) is 0 Å². The average molecular weight is 325 g/mol. The largest absolute Gasteiger partial charge is 0.449 e. The summed E-state index contributed by atoms with van der Waals surface area (Å²) in [6, 6.07) is 16.4. The molecule has 1 amide bonds. The van der Waals surface area contributed by atoms with E-state index in [9.17, 15) is 9.90 Å². The second-order valence-corrected chi connectivity index (χ2v) is 6.85. The van der Waals surface area contributed by atoms with Gasteiger partial charge in [0.15, 0.2) is 0 Å². The molecule has 0 fully saturated rings. The molecule has 0 heterocycles. The molecule has 3 rings (SSSR count). The molecule has 24 heavy (non-hydrogen) atoms. The van der Waals surface area contributed by atoms with E-state index in [1.165, 1.54) is 22.3 Å². The number of aliphatic hydroxyl groups excluding tert-OH is 1. The van der Waals surface area contributed by atoms with Crippen molar-refractivity contribution >= 4 is 6.09 Å². The molecule has 0 spiro atoms. The maximum absolute atomic E-state index is 12.1. The third-order valence-electron chi connectivity index (χ3n) is 4.81. The molecular weight excluding hydrogens is 302 g/mol. The second kappa shape index (κ2) is 6.29. The van der Waals surface area contributed by atoms with Crippen molar-refractivity contribution in [3.05, 3.63) is 59.7 Å². The number of aliphatic hydroxyl groups is 1. The number of carbonyl (C=O) groups is 1. The Labute approximate surface area is 142 Å². The van der Waals surface area contributed by atoms with E-state index < -0.39 is 17.7 Å². The summed E-state index contributed by atoms with van der Waals surface area (Å²) in [7, 11) is 0. The van der Waals surface area contributed by atoms with E-state index in [0.29, 0.717) is 0 Å². The van der Waals surface area contributed by atoms with E-state index in [1.807, 2.05) is 24.3 Å². The molecule has 4 heteroatoms. The first-order valence-electron chi connectivity index (χ1n) is 8.21. The maximum Gasteiger partial charge on any atom is 0.407 e. The van der Waals surface area contributed by atoms with Crippen molar-refractivity contribution in [1.29, 1.82) is 0 Å². The van der Waals surface area contributed by atoms with Crippen LogP contribution in [0.4, 0.5) is 4.79 Å². The van der Waals surface area contributed by atoms with Gasteiger partial charge in [-0.25, -0.2) is 4.79 Å². The first kappa shape index (κ1) is 16.5. The topological polar surface area (TPSA) is 58.6 Å². The zero-order valence-corrected chi connectivity index (χ0v) is 14.2. The Morgan fingerprint density at radius 2 is 1.62 bits per heavy atom. The van der Waals surface area contributed by atoms with Crippen molar-refractivity contribution in [2.24, 2.45) is 0 Å². The summed E-state index contributed by atoms with van der Waals surface area (Å²) in [4.78, 5) is 12.1. The summed E-state index contributed by atoms with van der Waals surface area (Å²) >= 11 is 0. The van der Waals surface area contributed by atoms with Crippen LogP contribution in [0.3, 0.4) is 0 Å². The van der Waals surface area contributed by atoms with Gasteiger partial charge in [-0.15, -0.1) is 0 Å². The SMILES string of the molecule is CC(O)C(C)(C)NC(=O)OCC1c2ccccc2-c2ccccc21. The standard InChI is InChI=1S/C20H23NO3/c1-13(22)20(2,3)21-19(23)24-12-18-16-10-6-4-8-14(16)15-9-5-7-11-17(15)18/h4-11,13,18,22H,12H2,1-3H3,(H,21,23). The molecular formula is C20H23NO3. The van der Waals surface area contributed by atoms with Crippen molar-refractivity contribution < 1.29 is 14.6 Å². The zero-order valence-electron chi connectivity index (χ0n) is 14.2. The van der Waals surface area contributed by atoms with Crippen LogP contribution in [-0.2, 0) is 4.74 Å². The number of ether oxygens (including phenoxy) is 1. The fraction of sp³-hybridized carbons (Fsp3) is 0.350. The predicted octanol–water partition coefficient (Wildman–Crippen LogP) is 3.68. The lowest BCUT2D eigenvalue weighted by molar-refractivity contribution is 0.0799. The zero-order chi connectivity index (χ0) is 17.3. The molecule has 0 radical (unpaired) electrons. The fourth-order valence-electron chi connectivity index (χ4n) is 3.00. The van der Waals surface area contributed by atoms with Crippen molar-refractivity contribution in [1.82, 2.24) is 5.32 Å². The molecule has 2 aromatic carbocycles. The first-order valence-corrected chi connectivity index (χ1v) is 8.21. The molecule has 0 aromatic heterocycles. The van der Waals surface area contributed by atoms with Crippen molar-refractivity contribution in [3.8, 4) is 11.1 Å². The van der Waals surface area contributed by atoms with E-state index >= 15 is 0 Å². The summed E-state index contributed by atoms with van der Waals surface area (Å²) in [5.74, 6) is 0.0396. The second-order valence-electron chi connectivity index (χ2n) is 6.85. The first-order chi connectivity index (χ1) is 11.4. The Kier molecular flexibility index (Phi) is 4.33. The van der Waals surface area contributed by atoms with E-state index in [1.54, 1.807) is 20.8 Å². The Hall–Kier alpha value is -2.33. The molecule has 1 atom stereocenters. The molecule has 2 N–H and O–H groups in total. The number of alkyl carbamates (subject to hydrolysis) is 1. The quantitative estimate of drug-likeness (QED) is 0.901. The third kappa shape index (κ3) is 3.02. The summed E-state index contributed by atoms with van der Waals surface area (Å²) in [5.41, 5.74) is 4.03. The number of amides is 1. The van der Waals surface area contributed by atoms with Crippen molar-refractivity contribution in [3.63, 3.8) is 0 Å². The molecule has 0 aliphatic heterocycles. The minimum Gasteiger partial charge on any atom is -0.449 e. The van der Waals surface area contributed by atoms with Gasteiger partial charge < -0.3 is 15.2 Å². The van der Waals surface area contributed by atoms with Gasteiger partial charge >= 0.3 is 6.09 Å². The van der Waals surface area contributed by atoms with Gasteiger partial charge in [-0.05, 0) is 43.0 Å². The maximum atomic E-state index is 12.1. The molecule has 1 aliphatic rings. The minimum absolute atomic E-state index is 0.0396. The van der Waals surface area contributed by atoms with Crippen LogP contribution >= 0.6 is 0 Å². The molecule has 2 aromatic rings. The Morgan fingerprint density at radius 1 is 1.12 bits per heavy atom. The van der Waals surface area contributed by atoms with Crippen molar-refractivity contribution in [2.45, 2.75) is 38.3 Å². The van der Waals surface area contributed by atoms with Gasteiger partial charge in [-0.3, -0.25) is 0 Å². The van der Waals surface area contributed by atoms with E-state index in [0.717, 1.165) is 0 Å². The molecule has 4 nitrogen and oxygen atoms in total. The molecule has 126 valence electrons. The van der Waals surface area contributed by atoms with Crippen LogP contribution in [0.1, 0.15) is 37.8 Å². The highest BCUT2D eigenvalue weighted by Crippen LogP contribution is 2.44. The fourth-order valence-corrected chi connectivity index (χ4v) is 3.00. The van der Waals surface area contributed by atoms with Gasteiger partial charge in [0.05, 0.1) is 11.6 Å². The summed E-state index contributed by atoms with van der Waals surface area (Å²) < 4.78 is 5.46. The smallest absolute Gasteiger partial charge is 0.407 e. The monoisotopic (exact) mass is 325 g/mol. The van der Waals surface area contributed by atoms with Crippen LogP contribution in [-0.4, -0.2) is 29.4 Å². The molecule has 1 aliphatic carbocycles. The van der Waals surface area contributed by atoms with Crippen LogP contribution in [0.15, 0.2) is 48.5 Å². The highest BCUT2D eigenvalue weighted by Gasteiger charge is 2.30. The molecule has 1 unspecified atom stereocenters. The third-order valence-corrected chi connectivity index (χ3v) is 4.81. The molecule has 0 saturated heterocycles. The van der Waals surface area contributed by atoms with Crippen LogP contribution in [0, 0.1) is 0 Å². The van der Waals surface area contributed by atoms with Gasteiger partial charge in [-0.2, -0.15) is 0 Å². The van der Waals surface area contributed by atoms with Crippen LogP contribution in [0.25, 0.3) is 11.1 Å². The van der Waals surface area contributed by atoms with Gasteiger partial charge in [-0.1, -0.05) is 48.5 Å². The number of benzene rings is 2. The summed E-state index contributed by atoms with van der Waals surface area (Å²) in [6.07, 6.45) is -1.18. The number of hydrogen-bond acceptors (Lipinski definition) is 3. The molecule has 0 bridgehead atoms. The van der Waals surface area contributed by atoms with Gasteiger partial charge in [0.1, 0.15) is 6.61 Å². The average Bonchev–Trinajstić information content (AvgIpc) is 2.86. The highest BCUT2D eigenvalue weighted by molar-refractivity contribution is 5.79. The van der Waals surface area contributed by atoms with E-state index in [2.05, 4.69) is 29.6 Å². The van der Waals surface area contributed by atoms with E-state index in [4.69, 9.17) is 4.74 Å². The number of fused-ring (bicyclic) bond motifs is 3. The Balaban J connectivity index is 1.75. The van der Waals surface area contributed by atoms with Gasteiger partial charge in [0.2, 0.25) is 0 Å². The lowest BCUT2D eigenvalue weighted by atomic mass is 9.98.